The second-order valence-corrected chi connectivity index (χ2v) is 4.81. The molecule has 1 aliphatic rings. The molecule has 1 fully saturated rings. The Kier molecular flexibility index (Phi) is 2.88. The van der Waals surface area contributed by atoms with Gasteiger partial charge in [-0.2, -0.15) is 0 Å². The standard InChI is InChI=1S/C14H16FN3/c1-10(11-2-4-13(15)5-3-11)18-9-17-8-14(18)12-6-16-7-12/h2-5,8-10,12,16H,6-7H2,1H3. The Labute approximate surface area is 106 Å². The van der Waals surface area contributed by atoms with E-state index in [1.54, 1.807) is 0 Å². The second kappa shape index (κ2) is 4.53. The monoisotopic (exact) mass is 245 g/mol. The fourth-order valence-electron chi connectivity index (χ4n) is 2.35. The zero-order valence-corrected chi connectivity index (χ0v) is 10.3. The highest BCUT2D eigenvalue weighted by molar-refractivity contribution is 5.23. The summed E-state index contributed by atoms with van der Waals surface area (Å²) in [5.41, 5.74) is 2.36. The normalized spacial score (nSPS) is 17.4. The summed E-state index contributed by atoms with van der Waals surface area (Å²) in [6.07, 6.45) is 3.80. The van der Waals surface area contributed by atoms with Gasteiger partial charge in [-0.3, -0.25) is 0 Å². The molecule has 3 rings (SSSR count). The maximum absolute atomic E-state index is 12.9. The minimum atomic E-state index is -0.194. The van der Waals surface area contributed by atoms with Gasteiger partial charge in [0.25, 0.3) is 0 Å². The van der Waals surface area contributed by atoms with Gasteiger partial charge in [-0.15, -0.1) is 0 Å². The molecule has 4 heteroatoms. The maximum atomic E-state index is 12.9. The number of nitrogens with one attached hydrogen (secondary N) is 1. The van der Waals surface area contributed by atoms with Gasteiger partial charge < -0.3 is 9.88 Å². The summed E-state index contributed by atoms with van der Waals surface area (Å²) in [6, 6.07) is 6.87. The van der Waals surface area contributed by atoms with Crippen molar-refractivity contribution in [3.63, 3.8) is 0 Å². The highest BCUT2D eigenvalue weighted by Crippen LogP contribution is 2.26. The first kappa shape index (κ1) is 11.4. The van der Waals surface area contributed by atoms with Crippen LogP contribution in [0.2, 0.25) is 0 Å². The lowest BCUT2D eigenvalue weighted by molar-refractivity contribution is 0.418. The van der Waals surface area contributed by atoms with E-state index in [-0.39, 0.29) is 11.9 Å². The number of benzene rings is 1. The first-order valence-electron chi connectivity index (χ1n) is 6.23. The average molecular weight is 245 g/mol. The molecule has 0 aliphatic carbocycles. The molecule has 1 unspecified atom stereocenters. The third-order valence-corrected chi connectivity index (χ3v) is 3.67. The van der Waals surface area contributed by atoms with Crippen LogP contribution in [-0.4, -0.2) is 22.6 Å². The van der Waals surface area contributed by atoms with Crippen molar-refractivity contribution in [3.05, 3.63) is 53.9 Å². The number of hydrogen-bond acceptors (Lipinski definition) is 2. The molecular formula is C14H16FN3. The summed E-state index contributed by atoms with van der Waals surface area (Å²) >= 11 is 0. The zero-order chi connectivity index (χ0) is 12.5. The number of rotatable bonds is 3. The Balaban J connectivity index is 1.89. The first-order valence-corrected chi connectivity index (χ1v) is 6.23. The van der Waals surface area contributed by atoms with Crippen LogP contribution in [0.25, 0.3) is 0 Å². The van der Waals surface area contributed by atoms with Gasteiger partial charge in [0, 0.05) is 30.9 Å². The van der Waals surface area contributed by atoms with Crippen molar-refractivity contribution in [2.45, 2.75) is 18.9 Å². The van der Waals surface area contributed by atoms with E-state index in [1.807, 2.05) is 24.7 Å². The molecule has 18 heavy (non-hydrogen) atoms. The molecule has 3 nitrogen and oxygen atoms in total. The molecular weight excluding hydrogens is 229 g/mol. The van der Waals surface area contributed by atoms with Crippen LogP contribution in [0.3, 0.4) is 0 Å². The van der Waals surface area contributed by atoms with Gasteiger partial charge in [0.05, 0.1) is 12.4 Å². The van der Waals surface area contributed by atoms with E-state index in [2.05, 4.69) is 21.8 Å². The highest BCUT2D eigenvalue weighted by atomic mass is 19.1. The van der Waals surface area contributed by atoms with Crippen LogP contribution < -0.4 is 5.32 Å². The summed E-state index contributed by atoms with van der Waals surface area (Å²) < 4.78 is 15.1. The lowest BCUT2D eigenvalue weighted by Gasteiger charge is -2.29. The topological polar surface area (TPSA) is 29.9 Å². The van der Waals surface area contributed by atoms with E-state index in [0.717, 1.165) is 18.7 Å². The van der Waals surface area contributed by atoms with Gasteiger partial charge in [0.1, 0.15) is 5.82 Å². The van der Waals surface area contributed by atoms with Gasteiger partial charge in [-0.25, -0.2) is 9.37 Å². The molecule has 0 bridgehead atoms. The molecule has 1 aromatic heterocycles. The van der Waals surface area contributed by atoms with Crippen molar-refractivity contribution in [1.29, 1.82) is 0 Å². The second-order valence-electron chi connectivity index (χ2n) is 4.81. The molecule has 1 aliphatic heterocycles. The minimum absolute atomic E-state index is 0.184. The summed E-state index contributed by atoms with van der Waals surface area (Å²) in [5.74, 6) is 0.357. The predicted octanol–water partition coefficient (Wildman–Crippen LogP) is 2.32. The Morgan fingerprint density at radius 2 is 2.06 bits per heavy atom. The Morgan fingerprint density at radius 3 is 2.67 bits per heavy atom. The number of halogens is 1. The largest absolute Gasteiger partial charge is 0.327 e. The number of aromatic nitrogens is 2. The molecule has 0 amide bonds. The molecule has 0 radical (unpaired) electrons. The molecule has 1 atom stereocenters. The lowest BCUT2D eigenvalue weighted by Crippen LogP contribution is -2.41. The number of hydrogen-bond donors (Lipinski definition) is 1. The van der Waals surface area contributed by atoms with Crippen molar-refractivity contribution in [2.75, 3.05) is 13.1 Å². The van der Waals surface area contributed by atoms with Crippen molar-refractivity contribution >= 4 is 0 Å². The third-order valence-electron chi connectivity index (χ3n) is 3.67. The first-order chi connectivity index (χ1) is 8.75. The molecule has 1 aromatic carbocycles. The molecule has 1 saturated heterocycles. The summed E-state index contributed by atoms with van der Waals surface area (Å²) in [6.45, 7) is 4.15. The van der Waals surface area contributed by atoms with Crippen LogP contribution in [-0.2, 0) is 0 Å². The van der Waals surface area contributed by atoms with E-state index in [0.29, 0.717) is 5.92 Å². The van der Waals surface area contributed by atoms with Crippen molar-refractivity contribution < 1.29 is 4.39 Å². The third kappa shape index (κ3) is 1.93. The quantitative estimate of drug-likeness (QED) is 0.899. The minimum Gasteiger partial charge on any atom is -0.327 e. The number of imidazole rings is 1. The van der Waals surface area contributed by atoms with E-state index in [1.165, 1.54) is 17.8 Å². The summed E-state index contributed by atoms with van der Waals surface area (Å²) in [7, 11) is 0. The fraction of sp³-hybridized carbons (Fsp3) is 0.357. The predicted molar refractivity (Wildman–Crippen MR) is 68.1 cm³/mol. The van der Waals surface area contributed by atoms with Gasteiger partial charge in [0.15, 0.2) is 0 Å². The Hall–Kier alpha value is -1.68. The Morgan fingerprint density at radius 1 is 1.33 bits per heavy atom. The van der Waals surface area contributed by atoms with Crippen molar-refractivity contribution in [2.24, 2.45) is 0 Å². The van der Waals surface area contributed by atoms with E-state index >= 15 is 0 Å². The van der Waals surface area contributed by atoms with E-state index in [4.69, 9.17) is 0 Å². The number of nitrogens with zero attached hydrogens (tertiary/aromatic N) is 2. The van der Waals surface area contributed by atoms with Crippen LogP contribution in [0.4, 0.5) is 4.39 Å². The van der Waals surface area contributed by atoms with Crippen molar-refractivity contribution in [3.8, 4) is 0 Å². The van der Waals surface area contributed by atoms with Crippen LogP contribution in [0.5, 0.6) is 0 Å². The van der Waals surface area contributed by atoms with Gasteiger partial charge >= 0.3 is 0 Å². The molecule has 1 N–H and O–H groups in total. The van der Waals surface area contributed by atoms with Gasteiger partial charge in [-0.05, 0) is 24.6 Å². The fourth-order valence-corrected chi connectivity index (χ4v) is 2.35. The SMILES string of the molecule is CC(c1ccc(F)cc1)n1cncc1C1CNC1. The lowest BCUT2D eigenvalue weighted by atomic mass is 9.98. The van der Waals surface area contributed by atoms with Crippen LogP contribution in [0.15, 0.2) is 36.8 Å². The molecule has 2 aromatic rings. The van der Waals surface area contributed by atoms with Crippen LogP contribution in [0.1, 0.15) is 30.1 Å². The summed E-state index contributed by atoms with van der Waals surface area (Å²) in [5, 5.41) is 3.27. The molecule has 0 spiro atoms. The van der Waals surface area contributed by atoms with Crippen molar-refractivity contribution in [1.82, 2.24) is 14.9 Å². The smallest absolute Gasteiger partial charge is 0.123 e. The molecule has 2 heterocycles. The average Bonchev–Trinajstić information content (AvgIpc) is 2.76. The molecule has 94 valence electrons. The summed E-state index contributed by atoms with van der Waals surface area (Å²) in [4.78, 5) is 4.25. The van der Waals surface area contributed by atoms with Gasteiger partial charge in [-0.1, -0.05) is 12.1 Å². The van der Waals surface area contributed by atoms with E-state index in [9.17, 15) is 4.39 Å². The van der Waals surface area contributed by atoms with E-state index < -0.39 is 0 Å². The van der Waals surface area contributed by atoms with Gasteiger partial charge in [0.2, 0.25) is 0 Å². The van der Waals surface area contributed by atoms with Crippen LogP contribution >= 0.6 is 0 Å². The zero-order valence-electron chi connectivity index (χ0n) is 10.3. The Bertz CT molecular complexity index is 528. The highest BCUT2D eigenvalue weighted by Gasteiger charge is 2.24. The molecule has 0 saturated carbocycles. The maximum Gasteiger partial charge on any atom is 0.123 e. The van der Waals surface area contributed by atoms with Crippen LogP contribution in [0, 0.1) is 5.82 Å².